The van der Waals surface area contributed by atoms with Gasteiger partial charge in [0.25, 0.3) is 6.47 Å². The van der Waals surface area contributed by atoms with E-state index in [1.807, 2.05) is 50.2 Å². The van der Waals surface area contributed by atoms with Gasteiger partial charge in [-0.2, -0.15) is 0 Å². The second kappa shape index (κ2) is 7.76. The van der Waals surface area contributed by atoms with Gasteiger partial charge in [0, 0.05) is 11.0 Å². The fraction of sp³-hybridized carbons (Fsp3) is 0.360. The number of aryl methyl sites for hydroxylation is 2. The maximum Gasteiger partial charge on any atom is 0.306 e. The summed E-state index contributed by atoms with van der Waals surface area (Å²) in [5.41, 5.74) is 6.64. The van der Waals surface area contributed by atoms with E-state index in [1.165, 1.54) is 0 Å². The zero-order valence-corrected chi connectivity index (χ0v) is 18.2. The van der Waals surface area contributed by atoms with Crippen LogP contribution in [0, 0.1) is 19.8 Å². The molecule has 0 aliphatic heterocycles. The molecule has 3 unspecified atom stereocenters. The van der Waals surface area contributed by atoms with E-state index in [0.29, 0.717) is 19.3 Å². The lowest BCUT2D eigenvalue weighted by atomic mass is 9.70. The second-order valence-corrected chi connectivity index (χ2v) is 8.66. The highest BCUT2D eigenvalue weighted by Crippen LogP contribution is 2.53. The van der Waals surface area contributed by atoms with Crippen molar-refractivity contribution >= 4 is 23.5 Å². The molecule has 1 aromatic heterocycles. The summed E-state index contributed by atoms with van der Waals surface area (Å²) in [5.74, 6) is -1.48. The Bertz CT molecular complexity index is 1190. The zero-order chi connectivity index (χ0) is 22.3. The molecule has 31 heavy (non-hydrogen) atoms. The molecule has 0 radical (unpaired) electrons. The van der Waals surface area contributed by atoms with Gasteiger partial charge in [-0.15, -0.1) is 0 Å². The first-order valence-electron chi connectivity index (χ1n) is 10.5. The molecule has 2 aromatic carbocycles. The van der Waals surface area contributed by atoms with Crippen LogP contribution >= 0.6 is 0 Å². The highest BCUT2D eigenvalue weighted by molar-refractivity contribution is 5.85. The SMILES string of the molecule is Cc1cc2nc3c(nc2cc1C)C(CC(C)OC=O)(CC(C)C(=O)O)c1ccccc1-3. The third-order valence-electron chi connectivity index (χ3n) is 6.43. The minimum atomic E-state index is -0.866. The summed E-state index contributed by atoms with van der Waals surface area (Å²) >= 11 is 0. The van der Waals surface area contributed by atoms with Crippen molar-refractivity contribution in [2.24, 2.45) is 5.92 Å². The molecule has 0 bridgehead atoms. The van der Waals surface area contributed by atoms with E-state index < -0.39 is 23.4 Å². The van der Waals surface area contributed by atoms with Crippen molar-refractivity contribution in [3.63, 3.8) is 0 Å². The van der Waals surface area contributed by atoms with Gasteiger partial charge < -0.3 is 9.84 Å². The first kappa shape index (κ1) is 21.0. The Balaban J connectivity index is 2.01. The third kappa shape index (κ3) is 3.46. The topological polar surface area (TPSA) is 89.4 Å². The number of carbonyl (C=O) groups excluding carboxylic acids is 1. The van der Waals surface area contributed by atoms with Gasteiger partial charge in [0.2, 0.25) is 0 Å². The van der Waals surface area contributed by atoms with Crippen LogP contribution in [0.5, 0.6) is 0 Å². The predicted octanol–water partition coefficient (Wildman–Crippen LogP) is 4.58. The first-order chi connectivity index (χ1) is 14.8. The number of benzene rings is 2. The van der Waals surface area contributed by atoms with Crippen molar-refractivity contribution in [1.82, 2.24) is 9.97 Å². The van der Waals surface area contributed by atoms with Crippen molar-refractivity contribution in [2.45, 2.75) is 52.1 Å². The molecule has 1 aliphatic carbocycles. The minimum absolute atomic E-state index is 0.337. The van der Waals surface area contributed by atoms with E-state index in [2.05, 4.69) is 6.92 Å². The highest BCUT2D eigenvalue weighted by Gasteiger charge is 2.48. The Kier molecular flexibility index (Phi) is 5.25. The molecule has 0 amide bonds. The van der Waals surface area contributed by atoms with Gasteiger partial charge in [-0.1, -0.05) is 31.2 Å². The summed E-state index contributed by atoms with van der Waals surface area (Å²) in [7, 11) is 0. The number of carbonyl (C=O) groups is 2. The Morgan fingerprint density at radius 2 is 1.74 bits per heavy atom. The fourth-order valence-corrected chi connectivity index (χ4v) is 4.81. The molecule has 1 heterocycles. The van der Waals surface area contributed by atoms with Gasteiger partial charge in [-0.05, 0) is 62.4 Å². The van der Waals surface area contributed by atoms with Crippen molar-refractivity contribution in [3.05, 3.63) is 58.8 Å². The number of hydrogen-bond donors (Lipinski definition) is 1. The Morgan fingerprint density at radius 3 is 2.39 bits per heavy atom. The molecule has 4 rings (SSSR count). The normalized spacial score (nSPS) is 18.8. The molecule has 0 saturated heterocycles. The van der Waals surface area contributed by atoms with Crippen LogP contribution in [0.1, 0.15) is 49.1 Å². The quantitative estimate of drug-likeness (QED) is 0.565. The number of hydrogen-bond acceptors (Lipinski definition) is 5. The van der Waals surface area contributed by atoms with Crippen molar-refractivity contribution in [1.29, 1.82) is 0 Å². The number of carboxylic acids is 1. The predicted molar refractivity (Wildman–Crippen MR) is 118 cm³/mol. The second-order valence-electron chi connectivity index (χ2n) is 8.66. The molecule has 3 aromatic rings. The lowest BCUT2D eigenvalue weighted by Gasteiger charge is -2.34. The summed E-state index contributed by atoms with van der Waals surface area (Å²) < 4.78 is 5.25. The summed E-state index contributed by atoms with van der Waals surface area (Å²) in [6, 6.07) is 12.0. The molecule has 1 N–H and O–H groups in total. The van der Waals surface area contributed by atoms with Crippen molar-refractivity contribution in [3.8, 4) is 11.3 Å². The minimum Gasteiger partial charge on any atom is -0.481 e. The molecule has 6 nitrogen and oxygen atoms in total. The van der Waals surface area contributed by atoms with Crippen LogP contribution in [-0.4, -0.2) is 33.6 Å². The van der Waals surface area contributed by atoms with Crippen LogP contribution in [0.2, 0.25) is 0 Å². The van der Waals surface area contributed by atoms with E-state index in [4.69, 9.17) is 14.7 Å². The van der Waals surface area contributed by atoms with E-state index in [0.717, 1.165) is 44.7 Å². The van der Waals surface area contributed by atoms with Gasteiger partial charge in [0.1, 0.15) is 0 Å². The maximum atomic E-state index is 11.8. The molecule has 0 fully saturated rings. The summed E-state index contributed by atoms with van der Waals surface area (Å²) in [6.45, 7) is 8.06. The van der Waals surface area contributed by atoms with Crippen LogP contribution < -0.4 is 0 Å². The summed E-state index contributed by atoms with van der Waals surface area (Å²) in [5, 5.41) is 9.71. The number of carboxylic acid groups (broad SMARTS) is 1. The van der Waals surface area contributed by atoms with Crippen LogP contribution in [-0.2, 0) is 19.7 Å². The standard InChI is InChI=1S/C25H26N2O4/c1-14-9-20-21(10-15(14)2)27-23-22(26-20)18-7-5-6-8-19(18)25(23,11-16(3)24(29)30)12-17(4)31-13-28/h5-10,13,16-17H,11-12H2,1-4H3,(H,29,30). The molecule has 6 heteroatoms. The van der Waals surface area contributed by atoms with Gasteiger partial charge in [0.05, 0.1) is 34.4 Å². The molecule has 0 spiro atoms. The van der Waals surface area contributed by atoms with Gasteiger partial charge >= 0.3 is 5.97 Å². The molecular formula is C25H26N2O4. The van der Waals surface area contributed by atoms with Crippen LogP contribution in [0.4, 0.5) is 0 Å². The zero-order valence-electron chi connectivity index (χ0n) is 18.2. The van der Waals surface area contributed by atoms with Crippen LogP contribution in [0.15, 0.2) is 36.4 Å². The van der Waals surface area contributed by atoms with E-state index >= 15 is 0 Å². The Labute approximate surface area is 181 Å². The van der Waals surface area contributed by atoms with E-state index in [9.17, 15) is 14.7 Å². The number of nitrogens with zero attached hydrogens (tertiary/aromatic N) is 2. The van der Waals surface area contributed by atoms with Crippen molar-refractivity contribution < 1.29 is 19.4 Å². The maximum absolute atomic E-state index is 11.8. The molecule has 1 aliphatic rings. The van der Waals surface area contributed by atoms with Crippen LogP contribution in [0.25, 0.3) is 22.3 Å². The lowest BCUT2D eigenvalue weighted by molar-refractivity contribution is -0.142. The monoisotopic (exact) mass is 418 g/mol. The Morgan fingerprint density at radius 1 is 1.10 bits per heavy atom. The average Bonchev–Trinajstić information content (AvgIpc) is 2.97. The van der Waals surface area contributed by atoms with Gasteiger partial charge in [-0.25, -0.2) is 9.97 Å². The highest BCUT2D eigenvalue weighted by atomic mass is 16.5. The molecular weight excluding hydrogens is 392 g/mol. The van der Waals surface area contributed by atoms with Crippen molar-refractivity contribution in [2.75, 3.05) is 0 Å². The third-order valence-corrected chi connectivity index (χ3v) is 6.43. The molecule has 0 saturated carbocycles. The number of ether oxygens (including phenoxy) is 1. The van der Waals surface area contributed by atoms with Gasteiger partial charge in [0.15, 0.2) is 0 Å². The van der Waals surface area contributed by atoms with Crippen LogP contribution in [0.3, 0.4) is 0 Å². The van der Waals surface area contributed by atoms with Gasteiger partial charge in [-0.3, -0.25) is 9.59 Å². The Hall–Kier alpha value is -3.28. The number of rotatable bonds is 7. The first-order valence-corrected chi connectivity index (χ1v) is 10.5. The van der Waals surface area contributed by atoms with E-state index in [1.54, 1.807) is 6.92 Å². The fourth-order valence-electron chi connectivity index (χ4n) is 4.81. The number of fused-ring (bicyclic) bond motifs is 4. The summed E-state index contributed by atoms with van der Waals surface area (Å²) in [6.07, 6.45) is 0.359. The lowest BCUT2D eigenvalue weighted by Crippen LogP contribution is -2.35. The average molecular weight is 418 g/mol. The van der Waals surface area contributed by atoms with E-state index in [-0.39, 0.29) is 0 Å². The summed E-state index contributed by atoms with van der Waals surface area (Å²) in [4.78, 5) is 32.9. The number of aliphatic carboxylic acids is 1. The molecule has 3 atom stereocenters. The molecule has 160 valence electrons. The largest absolute Gasteiger partial charge is 0.481 e. The smallest absolute Gasteiger partial charge is 0.306 e. The number of aromatic nitrogens is 2.